The first-order chi connectivity index (χ1) is 20.8. The standard InChI is InChI=1S/C32H43I4NO7Si/c1-16(2)45(17(3)4,18(5)6)29(26(30(38)39)37-31(40)44-32(7,8)9)19-10-22(33)28(23(34)11-19)43-20-12-24(35)27(25(36)13-20)42-15-21-14-41-21/h10-13,16-18,21,26,29H,14-15H2,1-9H3,(H,37,40)(H,38,39). The van der Waals surface area contributed by atoms with Gasteiger partial charge >= 0.3 is 12.1 Å². The number of carbonyl (C=O) groups is 2. The van der Waals surface area contributed by atoms with Gasteiger partial charge < -0.3 is 29.4 Å². The van der Waals surface area contributed by atoms with Crippen LogP contribution in [0.2, 0.25) is 16.6 Å². The molecule has 0 aromatic heterocycles. The van der Waals surface area contributed by atoms with Crippen LogP contribution in [0.15, 0.2) is 24.3 Å². The first kappa shape index (κ1) is 39.3. The van der Waals surface area contributed by atoms with Crippen molar-refractivity contribution in [3.8, 4) is 17.2 Å². The van der Waals surface area contributed by atoms with Crippen molar-refractivity contribution in [1.82, 2.24) is 5.32 Å². The van der Waals surface area contributed by atoms with Gasteiger partial charge in [0.2, 0.25) is 0 Å². The number of ether oxygens (including phenoxy) is 4. The molecule has 3 unspecified atom stereocenters. The van der Waals surface area contributed by atoms with E-state index < -0.39 is 37.3 Å². The molecular formula is C32H43I4NO7Si. The Morgan fingerprint density at radius 2 is 1.38 bits per heavy atom. The Balaban J connectivity index is 2.12. The van der Waals surface area contributed by atoms with E-state index in [0.29, 0.717) is 18.1 Å². The van der Waals surface area contributed by atoms with Crippen LogP contribution in [0.5, 0.6) is 17.2 Å². The minimum absolute atomic E-state index is 0.168. The van der Waals surface area contributed by atoms with Crippen LogP contribution in [-0.4, -0.2) is 56.2 Å². The molecule has 45 heavy (non-hydrogen) atoms. The van der Waals surface area contributed by atoms with Crippen molar-refractivity contribution in [2.24, 2.45) is 0 Å². The largest absolute Gasteiger partial charge is 0.489 e. The van der Waals surface area contributed by atoms with Crippen molar-refractivity contribution in [3.05, 3.63) is 44.1 Å². The lowest BCUT2D eigenvalue weighted by molar-refractivity contribution is -0.139. The molecule has 1 amide bonds. The van der Waals surface area contributed by atoms with E-state index in [4.69, 9.17) is 18.9 Å². The van der Waals surface area contributed by atoms with Gasteiger partial charge in [0.1, 0.15) is 35.9 Å². The lowest BCUT2D eigenvalue weighted by atomic mass is 10.0. The number of hydrogen-bond donors (Lipinski definition) is 2. The first-order valence-corrected chi connectivity index (χ1v) is 21.5. The maximum absolute atomic E-state index is 13.1. The molecule has 0 bridgehead atoms. The lowest BCUT2D eigenvalue weighted by Crippen LogP contribution is -2.60. The van der Waals surface area contributed by atoms with Crippen molar-refractivity contribution in [1.29, 1.82) is 0 Å². The zero-order valence-corrected chi connectivity index (χ0v) is 36.7. The molecule has 0 spiro atoms. The molecule has 1 heterocycles. The molecule has 1 aliphatic rings. The van der Waals surface area contributed by atoms with Gasteiger partial charge in [0.15, 0.2) is 5.75 Å². The maximum Gasteiger partial charge on any atom is 0.408 e. The number of halogens is 4. The van der Waals surface area contributed by atoms with Crippen LogP contribution < -0.4 is 14.8 Å². The summed E-state index contributed by atoms with van der Waals surface area (Å²) in [6.45, 7) is 19.8. The highest BCUT2D eigenvalue weighted by atomic mass is 127. The molecule has 3 atom stereocenters. The summed E-state index contributed by atoms with van der Waals surface area (Å²) in [4.78, 5) is 26.2. The lowest BCUT2D eigenvalue weighted by Gasteiger charge is -2.51. The zero-order valence-electron chi connectivity index (χ0n) is 27.1. The van der Waals surface area contributed by atoms with Crippen LogP contribution >= 0.6 is 90.4 Å². The summed E-state index contributed by atoms with van der Waals surface area (Å²) in [6, 6.07) is 6.80. The molecule has 8 nitrogen and oxygen atoms in total. The topological polar surface area (TPSA) is 107 Å². The Bertz CT molecular complexity index is 1320. The maximum atomic E-state index is 13.1. The third-order valence-corrected chi connectivity index (χ3v) is 19.1. The monoisotopic (exact) mass is 1090 g/mol. The number of carbonyl (C=O) groups excluding carboxylic acids is 1. The summed E-state index contributed by atoms with van der Waals surface area (Å²) in [5.74, 6) is 1.12. The Morgan fingerprint density at radius 1 is 0.911 bits per heavy atom. The fourth-order valence-corrected chi connectivity index (χ4v) is 18.4. The van der Waals surface area contributed by atoms with Crippen LogP contribution in [0, 0.1) is 14.3 Å². The van der Waals surface area contributed by atoms with E-state index in [2.05, 4.69) is 137 Å². The molecule has 2 N–H and O–H groups in total. The van der Waals surface area contributed by atoms with E-state index in [1.165, 1.54) is 0 Å². The van der Waals surface area contributed by atoms with Crippen LogP contribution in [0.3, 0.4) is 0 Å². The molecule has 2 aromatic carbocycles. The average Bonchev–Trinajstić information content (AvgIpc) is 3.70. The van der Waals surface area contributed by atoms with Gasteiger partial charge in [-0.2, -0.15) is 0 Å². The molecule has 13 heteroatoms. The van der Waals surface area contributed by atoms with Gasteiger partial charge in [-0.3, -0.25) is 0 Å². The Labute approximate surface area is 322 Å². The smallest absolute Gasteiger partial charge is 0.408 e. The van der Waals surface area contributed by atoms with Crippen LogP contribution in [0.25, 0.3) is 0 Å². The molecular weight excluding hydrogens is 1050 g/mol. The van der Waals surface area contributed by atoms with E-state index in [1.807, 2.05) is 24.3 Å². The second-order valence-electron chi connectivity index (χ2n) is 13.3. The number of rotatable bonds is 13. The molecule has 1 aliphatic heterocycles. The van der Waals surface area contributed by atoms with Crippen LogP contribution in [0.1, 0.15) is 73.4 Å². The fourth-order valence-electron chi connectivity index (χ4n) is 6.62. The number of benzene rings is 2. The molecule has 250 valence electrons. The first-order valence-electron chi connectivity index (χ1n) is 14.9. The summed E-state index contributed by atoms with van der Waals surface area (Å²) in [7, 11) is -2.54. The molecule has 1 fully saturated rings. The SMILES string of the molecule is CC(C)[Si](C(C)C)(C(C)C)C(c1cc(I)c(Oc2cc(I)c(OCC3CO3)c(I)c2)c(I)c1)C(NC(=O)OC(C)(C)C)C(=O)O. The molecule has 0 saturated carbocycles. The Hall–Kier alpha value is -0.123. The van der Waals surface area contributed by atoms with Gasteiger partial charge in [0.25, 0.3) is 0 Å². The zero-order chi connectivity index (χ0) is 34.0. The second kappa shape index (κ2) is 16.1. The number of carboxylic acids is 1. The third kappa shape index (κ3) is 9.74. The van der Waals surface area contributed by atoms with Crippen LogP contribution in [0.4, 0.5) is 4.79 Å². The highest BCUT2D eigenvalue weighted by molar-refractivity contribution is 14.1. The van der Waals surface area contributed by atoms with Crippen molar-refractivity contribution < 1.29 is 33.6 Å². The van der Waals surface area contributed by atoms with Gasteiger partial charge in [-0.25, -0.2) is 9.59 Å². The molecule has 0 aliphatic carbocycles. The average molecular weight is 1090 g/mol. The minimum atomic E-state index is -2.54. The number of epoxide rings is 1. The van der Waals surface area contributed by atoms with Gasteiger partial charge in [0, 0.05) is 5.54 Å². The van der Waals surface area contributed by atoms with Crippen molar-refractivity contribution in [3.63, 3.8) is 0 Å². The normalized spacial score (nSPS) is 16.5. The highest BCUT2D eigenvalue weighted by Gasteiger charge is 2.54. The number of alkyl carbamates (subject to hydrolysis) is 1. The van der Waals surface area contributed by atoms with E-state index in [0.717, 1.165) is 32.2 Å². The van der Waals surface area contributed by atoms with Crippen molar-refractivity contribution >= 4 is 110 Å². The van der Waals surface area contributed by atoms with Crippen molar-refractivity contribution in [2.75, 3.05) is 13.2 Å². The summed E-state index contributed by atoms with van der Waals surface area (Å²) in [5.41, 5.74) is 0.373. The van der Waals surface area contributed by atoms with E-state index in [1.54, 1.807) is 20.8 Å². The summed E-state index contributed by atoms with van der Waals surface area (Å²) in [6.07, 6.45) is -0.563. The molecule has 1 saturated heterocycles. The number of hydrogen-bond acceptors (Lipinski definition) is 6. The Kier molecular flexibility index (Phi) is 14.0. The summed E-state index contributed by atoms with van der Waals surface area (Å²) in [5, 5.41) is 13.5. The number of aliphatic carboxylic acids is 1. The third-order valence-electron chi connectivity index (χ3n) is 8.20. The molecule has 2 aromatic rings. The summed E-state index contributed by atoms with van der Waals surface area (Å²) < 4.78 is 26.9. The summed E-state index contributed by atoms with van der Waals surface area (Å²) >= 11 is 9.06. The number of carboxylic acid groups (broad SMARTS) is 1. The number of nitrogens with one attached hydrogen (secondary N) is 1. The van der Waals surface area contributed by atoms with Gasteiger partial charge in [-0.05, 0) is 158 Å². The Morgan fingerprint density at radius 3 is 1.78 bits per heavy atom. The van der Waals surface area contributed by atoms with Crippen molar-refractivity contribution in [2.45, 2.75) is 102 Å². The van der Waals surface area contributed by atoms with Gasteiger partial charge in [0.05, 0.1) is 29.0 Å². The van der Waals surface area contributed by atoms with E-state index >= 15 is 0 Å². The fraction of sp³-hybridized carbons (Fsp3) is 0.562. The molecule has 0 radical (unpaired) electrons. The highest BCUT2D eigenvalue weighted by Crippen LogP contribution is 2.52. The minimum Gasteiger partial charge on any atom is -0.489 e. The predicted octanol–water partition coefficient (Wildman–Crippen LogP) is 9.95. The van der Waals surface area contributed by atoms with Gasteiger partial charge in [-0.1, -0.05) is 41.5 Å². The quantitative estimate of drug-likeness (QED) is 0.117. The number of amides is 1. The van der Waals surface area contributed by atoms with Gasteiger partial charge in [-0.15, -0.1) is 0 Å². The predicted molar refractivity (Wildman–Crippen MR) is 214 cm³/mol. The second-order valence-corrected chi connectivity index (χ2v) is 24.0. The van der Waals surface area contributed by atoms with E-state index in [9.17, 15) is 14.7 Å². The van der Waals surface area contributed by atoms with E-state index in [-0.39, 0.29) is 22.7 Å². The molecule has 3 rings (SSSR count). The van der Waals surface area contributed by atoms with Crippen LogP contribution in [-0.2, 0) is 14.3 Å².